The third-order valence-corrected chi connectivity index (χ3v) is 5.72. The molecule has 0 spiro atoms. The summed E-state index contributed by atoms with van der Waals surface area (Å²) in [6.07, 6.45) is 1.92. The lowest BCUT2D eigenvalue weighted by molar-refractivity contribution is -0.137. The monoisotopic (exact) mass is 336 g/mol. The van der Waals surface area contributed by atoms with Gasteiger partial charge in [0, 0.05) is 33.1 Å². The van der Waals surface area contributed by atoms with Gasteiger partial charge in [0.1, 0.15) is 0 Å². The molecule has 2 aromatic carbocycles. The van der Waals surface area contributed by atoms with Gasteiger partial charge < -0.3 is 4.90 Å². The van der Waals surface area contributed by atoms with Crippen molar-refractivity contribution in [3.05, 3.63) is 71.8 Å². The van der Waals surface area contributed by atoms with Gasteiger partial charge in [0.05, 0.1) is 5.54 Å². The summed E-state index contributed by atoms with van der Waals surface area (Å²) in [5.74, 6) is 0.132. The van der Waals surface area contributed by atoms with Crippen LogP contribution in [0.3, 0.4) is 0 Å². The SMILES string of the molecule is CC(=O)N(C)C1(c2ccccc2)CCN(Cc2ccccc2)C(C)C1. The molecule has 0 N–H and O–H groups in total. The summed E-state index contributed by atoms with van der Waals surface area (Å²) in [5.41, 5.74) is 2.39. The van der Waals surface area contributed by atoms with Crippen molar-refractivity contribution in [2.24, 2.45) is 0 Å². The minimum Gasteiger partial charge on any atom is -0.336 e. The topological polar surface area (TPSA) is 23.6 Å². The predicted molar refractivity (Wildman–Crippen MR) is 102 cm³/mol. The second-order valence-electron chi connectivity index (χ2n) is 7.23. The maximum absolute atomic E-state index is 12.2. The smallest absolute Gasteiger partial charge is 0.219 e. The van der Waals surface area contributed by atoms with Crippen LogP contribution in [-0.4, -0.2) is 35.3 Å². The number of piperidine rings is 1. The van der Waals surface area contributed by atoms with E-state index in [1.807, 2.05) is 18.0 Å². The van der Waals surface area contributed by atoms with E-state index in [1.54, 1.807) is 6.92 Å². The van der Waals surface area contributed by atoms with E-state index >= 15 is 0 Å². The van der Waals surface area contributed by atoms with E-state index in [1.165, 1.54) is 11.1 Å². The summed E-state index contributed by atoms with van der Waals surface area (Å²) >= 11 is 0. The Kier molecular flexibility index (Phi) is 5.24. The Morgan fingerprint density at radius 1 is 1.12 bits per heavy atom. The van der Waals surface area contributed by atoms with Gasteiger partial charge in [-0.15, -0.1) is 0 Å². The molecule has 2 aromatic rings. The van der Waals surface area contributed by atoms with Crippen molar-refractivity contribution < 1.29 is 4.79 Å². The zero-order valence-electron chi connectivity index (χ0n) is 15.5. The lowest BCUT2D eigenvalue weighted by atomic mass is 9.76. The molecular formula is C22H28N2O. The highest BCUT2D eigenvalue weighted by molar-refractivity contribution is 5.74. The highest BCUT2D eigenvalue weighted by atomic mass is 16.2. The van der Waals surface area contributed by atoms with Crippen molar-refractivity contribution in [3.8, 4) is 0 Å². The van der Waals surface area contributed by atoms with Crippen LogP contribution in [0.4, 0.5) is 0 Å². The normalized spacial score (nSPS) is 24.0. The van der Waals surface area contributed by atoms with Gasteiger partial charge in [0.25, 0.3) is 0 Å². The predicted octanol–water partition coefficient (Wildman–Crippen LogP) is 4.04. The fourth-order valence-corrected chi connectivity index (χ4v) is 4.13. The minimum atomic E-state index is -0.209. The molecule has 0 saturated carbocycles. The Labute approximate surface area is 151 Å². The highest BCUT2D eigenvalue weighted by Crippen LogP contribution is 2.41. The Balaban J connectivity index is 1.84. The van der Waals surface area contributed by atoms with Crippen molar-refractivity contribution in [3.63, 3.8) is 0 Å². The first-order valence-corrected chi connectivity index (χ1v) is 9.11. The lowest BCUT2D eigenvalue weighted by Gasteiger charge is -2.50. The first-order chi connectivity index (χ1) is 12.0. The molecule has 25 heavy (non-hydrogen) atoms. The van der Waals surface area contributed by atoms with E-state index in [4.69, 9.17) is 0 Å². The zero-order chi connectivity index (χ0) is 17.9. The summed E-state index contributed by atoms with van der Waals surface area (Å²) in [4.78, 5) is 16.7. The van der Waals surface area contributed by atoms with Crippen LogP contribution in [-0.2, 0) is 16.9 Å². The van der Waals surface area contributed by atoms with Crippen LogP contribution in [0.5, 0.6) is 0 Å². The number of rotatable bonds is 4. The quantitative estimate of drug-likeness (QED) is 0.841. The molecule has 1 saturated heterocycles. The van der Waals surface area contributed by atoms with Crippen LogP contribution >= 0.6 is 0 Å². The highest BCUT2D eigenvalue weighted by Gasteiger charge is 2.43. The van der Waals surface area contributed by atoms with Crippen molar-refractivity contribution in [1.82, 2.24) is 9.80 Å². The Morgan fingerprint density at radius 2 is 1.72 bits per heavy atom. The number of benzene rings is 2. The molecule has 3 heteroatoms. The van der Waals surface area contributed by atoms with Gasteiger partial charge >= 0.3 is 0 Å². The fraction of sp³-hybridized carbons (Fsp3) is 0.409. The van der Waals surface area contributed by atoms with Crippen molar-refractivity contribution >= 4 is 5.91 Å². The van der Waals surface area contributed by atoms with Crippen LogP contribution in [0.15, 0.2) is 60.7 Å². The van der Waals surface area contributed by atoms with Gasteiger partial charge in [-0.05, 0) is 30.9 Å². The molecule has 2 unspecified atom stereocenters. The van der Waals surface area contributed by atoms with Gasteiger partial charge in [0.15, 0.2) is 0 Å². The molecule has 3 nitrogen and oxygen atoms in total. The number of likely N-dealkylation sites (tertiary alicyclic amines) is 1. The van der Waals surface area contributed by atoms with E-state index in [9.17, 15) is 4.79 Å². The molecule has 0 radical (unpaired) electrons. The Hall–Kier alpha value is -2.13. The zero-order valence-corrected chi connectivity index (χ0v) is 15.5. The Morgan fingerprint density at radius 3 is 2.28 bits per heavy atom. The van der Waals surface area contributed by atoms with Gasteiger partial charge in [-0.3, -0.25) is 9.69 Å². The van der Waals surface area contributed by atoms with Crippen molar-refractivity contribution in [1.29, 1.82) is 0 Å². The molecule has 0 bridgehead atoms. The third kappa shape index (κ3) is 3.62. The molecule has 132 valence electrons. The first kappa shape index (κ1) is 17.7. The molecule has 2 atom stereocenters. The molecule has 0 aliphatic carbocycles. The van der Waals surface area contributed by atoms with Gasteiger partial charge in [-0.1, -0.05) is 60.7 Å². The second kappa shape index (κ2) is 7.40. The molecule has 1 aliphatic rings. The summed E-state index contributed by atoms with van der Waals surface area (Å²) in [5, 5.41) is 0. The van der Waals surface area contributed by atoms with Crippen LogP contribution < -0.4 is 0 Å². The third-order valence-electron chi connectivity index (χ3n) is 5.72. The number of hydrogen-bond donors (Lipinski definition) is 0. The fourth-order valence-electron chi connectivity index (χ4n) is 4.13. The largest absolute Gasteiger partial charge is 0.336 e. The summed E-state index contributed by atoms with van der Waals surface area (Å²) in [6, 6.07) is 21.6. The van der Waals surface area contributed by atoms with Crippen molar-refractivity contribution in [2.45, 2.75) is 44.8 Å². The minimum absolute atomic E-state index is 0.132. The first-order valence-electron chi connectivity index (χ1n) is 9.11. The molecule has 1 aliphatic heterocycles. The van der Waals surface area contributed by atoms with Crippen LogP contribution in [0.2, 0.25) is 0 Å². The van der Waals surface area contributed by atoms with E-state index in [0.29, 0.717) is 6.04 Å². The van der Waals surface area contributed by atoms with E-state index < -0.39 is 0 Å². The van der Waals surface area contributed by atoms with Crippen molar-refractivity contribution in [2.75, 3.05) is 13.6 Å². The maximum Gasteiger partial charge on any atom is 0.219 e. The summed E-state index contributed by atoms with van der Waals surface area (Å²) in [6.45, 7) is 5.92. The number of carbonyl (C=O) groups excluding carboxylic acids is 1. The number of hydrogen-bond acceptors (Lipinski definition) is 2. The van der Waals surface area contributed by atoms with Gasteiger partial charge in [0.2, 0.25) is 5.91 Å². The number of carbonyl (C=O) groups is 1. The molecule has 1 heterocycles. The second-order valence-corrected chi connectivity index (χ2v) is 7.23. The van der Waals surface area contributed by atoms with E-state index in [2.05, 4.69) is 66.4 Å². The van der Waals surface area contributed by atoms with E-state index in [0.717, 1.165) is 25.9 Å². The molecule has 1 amide bonds. The average Bonchev–Trinajstić information content (AvgIpc) is 2.64. The van der Waals surface area contributed by atoms with Crippen LogP contribution in [0, 0.1) is 0 Å². The van der Waals surface area contributed by atoms with Crippen LogP contribution in [0.1, 0.15) is 37.8 Å². The molecule has 1 fully saturated rings. The van der Waals surface area contributed by atoms with Gasteiger partial charge in [-0.2, -0.15) is 0 Å². The van der Waals surface area contributed by atoms with E-state index in [-0.39, 0.29) is 11.4 Å². The van der Waals surface area contributed by atoms with Gasteiger partial charge in [-0.25, -0.2) is 0 Å². The lowest BCUT2D eigenvalue weighted by Crippen LogP contribution is -2.55. The summed E-state index contributed by atoms with van der Waals surface area (Å²) < 4.78 is 0. The molecule has 0 aromatic heterocycles. The van der Waals surface area contributed by atoms with Crippen LogP contribution in [0.25, 0.3) is 0 Å². The number of amides is 1. The molecule has 3 rings (SSSR count). The standard InChI is InChI=1S/C22H28N2O/c1-18-16-22(23(3)19(2)25,21-12-8-5-9-13-21)14-15-24(18)17-20-10-6-4-7-11-20/h4-13,18H,14-17H2,1-3H3. The average molecular weight is 336 g/mol. The number of nitrogens with zero attached hydrogens (tertiary/aromatic N) is 2. The Bertz CT molecular complexity index is 700. The molecular weight excluding hydrogens is 308 g/mol. The maximum atomic E-state index is 12.2. The summed E-state index contributed by atoms with van der Waals surface area (Å²) in [7, 11) is 1.95.